The van der Waals surface area contributed by atoms with E-state index in [9.17, 15) is 18.0 Å². The Balaban J connectivity index is 2.28. The van der Waals surface area contributed by atoms with Crippen molar-refractivity contribution in [2.24, 2.45) is 7.05 Å². The highest BCUT2D eigenvalue weighted by Crippen LogP contribution is 2.27. The number of aromatic nitrogens is 1. The Morgan fingerprint density at radius 1 is 1.10 bits per heavy atom. The Morgan fingerprint density at radius 2 is 1.69 bits per heavy atom. The lowest BCUT2D eigenvalue weighted by Crippen LogP contribution is -2.38. The van der Waals surface area contributed by atoms with Gasteiger partial charge in [-0.25, -0.2) is 17.9 Å². The number of carbonyl (C=O) groups excluding carboxylic acids is 2. The molecule has 0 radical (unpaired) electrons. The first-order chi connectivity index (χ1) is 13.5. The Labute approximate surface area is 171 Å². The van der Waals surface area contributed by atoms with Crippen LogP contribution in [0.3, 0.4) is 0 Å². The summed E-state index contributed by atoms with van der Waals surface area (Å²) in [6.45, 7) is 6.51. The van der Waals surface area contributed by atoms with Crippen molar-refractivity contribution < 1.29 is 22.7 Å². The first kappa shape index (κ1) is 22.6. The molecule has 0 saturated heterocycles. The van der Waals surface area contributed by atoms with Gasteiger partial charge in [0.25, 0.3) is 0 Å². The number of esters is 1. The summed E-state index contributed by atoms with van der Waals surface area (Å²) >= 11 is 0. The first-order valence-corrected chi connectivity index (χ1v) is 10.7. The van der Waals surface area contributed by atoms with Crippen LogP contribution < -0.4 is 9.62 Å². The van der Waals surface area contributed by atoms with Gasteiger partial charge in [0.1, 0.15) is 10.5 Å². The van der Waals surface area contributed by atoms with Crippen LogP contribution in [-0.4, -0.2) is 45.1 Å². The van der Waals surface area contributed by atoms with Gasteiger partial charge in [0.05, 0.1) is 13.2 Å². The maximum atomic E-state index is 13.0. The molecule has 0 aliphatic heterocycles. The van der Waals surface area contributed by atoms with Crippen LogP contribution >= 0.6 is 0 Å². The average Bonchev–Trinajstić information content (AvgIpc) is 2.91. The molecule has 1 aromatic heterocycles. The normalized spacial score (nSPS) is 11.4. The van der Waals surface area contributed by atoms with Crippen molar-refractivity contribution in [3.63, 3.8) is 0 Å². The van der Waals surface area contributed by atoms with E-state index in [0.717, 1.165) is 5.56 Å². The zero-order chi connectivity index (χ0) is 21.9. The molecule has 8 nitrogen and oxygen atoms in total. The molecule has 9 heteroatoms. The molecule has 0 spiro atoms. The van der Waals surface area contributed by atoms with Gasteiger partial charge in [0, 0.05) is 31.2 Å². The van der Waals surface area contributed by atoms with E-state index in [1.54, 1.807) is 51.6 Å². The number of aryl methyl sites for hydroxylation is 1. The smallest absolute Gasteiger partial charge is 0.341 e. The van der Waals surface area contributed by atoms with Crippen LogP contribution in [0.25, 0.3) is 0 Å². The number of ether oxygens (including phenoxy) is 1. The minimum Gasteiger partial charge on any atom is -0.462 e. The summed E-state index contributed by atoms with van der Waals surface area (Å²) in [4.78, 5) is 26.0. The molecule has 0 fully saturated rings. The van der Waals surface area contributed by atoms with Crippen LogP contribution in [0, 0.1) is 20.8 Å². The van der Waals surface area contributed by atoms with E-state index in [1.165, 1.54) is 4.90 Å². The molecule has 0 atom stereocenters. The molecule has 2 rings (SSSR count). The van der Waals surface area contributed by atoms with E-state index in [2.05, 4.69) is 4.72 Å². The van der Waals surface area contributed by atoms with Gasteiger partial charge in [0.15, 0.2) is 0 Å². The zero-order valence-electron chi connectivity index (χ0n) is 17.6. The molecule has 29 heavy (non-hydrogen) atoms. The van der Waals surface area contributed by atoms with E-state index in [0.29, 0.717) is 17.1 Å². The van der Waals surface area contributed by atoms with Gasteiger partial charge in [-0.3, -0.25) is 4.79 Å². The minimum atomic E-state index is -4.12. The van der Waals surface area contributed by atoms with Crippen molar-refractivity contribution in [2.45, 2.75) is 32.6 Å². The maximum absolute atomic E-state index is 13.0. The third-order valence-electron chi connectivity index (χ3n) is 4.88. The fourth-order valence-electron chi connectivity index (χ4n) is 2.95. The molecule has 1 heterocycles. The van der Waals surface area contributed by atoms with Gasteiger partial charge in [-0.2, -0.15) is 0 Å². The topological polar surface area (TPSA) is 97.7 Å². The molecule has 0 bridgehead atoms. The molecule has 158 valence electrons. The summed E-state index contributed by atoms with van der Waals surface area (Å²) in [6.07, 6.45) is 0. The molecular formula is C20H27N3O5S. The third-order valence-corrected chi connectivity index (χ3v) is 6.44. The molecular weight excluding hydrogens is 394 g/mol. The second kappa shape index (κ2) is 8.79. The summed E-state index contributed by atoms with van der Waals surface area (Å²) in [7, 11) is -0.881. The fourth-order valence-corrected chi connectivity index (χ4v) is 4.43. The lowest BCUT2D eigenvalue weighted by Gasteiger charge is -2.18. The number of amides is 1. The van der Waals surface area contributed by atoms with Crippen molar-refractivity contribution in [3.05, 3.63) is 46.8 Å². The summed E-state index contributed by atoms with van der Waals surface area (Å²) in [5.74, 6) is -1.14. The Hall–Kier alpha value is -2.65. The fraction of sp³-hybridized carbons (Fsp3) is 0.400. The highest BCUT2D eigenvalue weighted by atomic mass is 32.2. The number of hydrogen-bond donors (Lipinski definition) is 1. The van der Waals surface area contributed by atoms with E-state index in [4.69, 9.17) is 4.74 Å². The van der Waals surface area contributed by atoms with Gasteiger partial charge in [-0.05, 0) is 39.8 Å². The molecule has 0 aliphatic rings. The Morgan fingerprint density at radius 3 is 2.24 bits per heavy atom. The highest BCUT2D eigenvalue weighted by Gasteiger charge is 2.32. The van der Waals surface area contributed by atoms with Crippen molar-refractivity contribution in [2.75, 3.05) is 25.1 Å². The van der Waals surface area contributed by atoms with Crippen LogP contribution in [0.2, 0.25) is 0 Å². The number of hydrogen-bond acceptors (Lipinski definition) is 5. The van der Waals surface area contributed by atoms with Gasteiger partial charge in [-0.15, -0.1) is 0 Å². The quantitative estimate of drug-likeness (QED) is 0.690. The number of nitrogens with zero attached hydrogens (tertiary/aromatic N) is 2. The number of likely N-dealkylation sites (N-methyl/N-ethyl adjacent to an activating group) is 1. The second-order valence-corrected chi connectivity index (χ2v) is 8.47. The molecule has 1 aromatic carbocycles. The van der Waals surface area contributed by atoms with Gasteiger partial charge in [0.2, 0.25) is 15.9 Å². The van der Waals surface area contributed by atoms with E-state index >= 15 is 0 Å². The molecule has 1 amide bonds. The largest absolute Gasteiger partial charge is 0.462 e. The molecule has 1 N–H and O–H groups in total. The number of rotatable bonds is 7. The Bertz CT molecular complexity index is 1020. The summed E-state index contributed by atoms with van der Waals surface area (Å²) in [6, 6.07) is 7.30. The van der Waals surface area contributed by atoms with E-state index in [1.807, 2.05) is 19.1 Å². The minimum absolute atomic E-state index is 0.0151. The predicted molar refractivity (Wildman–Crippen MR) is 111 cm³/mol. The molecule has 0 aliphatic carbocycles. The number of nitrogens with one attached hydrogen (secondary N) is 1. The monoisotopic (exact) mass is 421 g/mol. The second-order valence-electron chi connectivity index (χ2n) is 6.77. The standard InChI is InChI=1S/C20H27N3O5S/c1-7-28-20(25)18-14(3)22(5)15(4)19(18)29(26,27)21-12-17(24)23(6)16-10-8-13(2)9-11-16/h8-11,21H,7,12H2,1-6H3. The predicted octanol–water partition coefficient (Wildman–Crippen LogP) is 2.07. The lowest BCUT2D eigenvalue weighted by molar-refractivity contribution is -0.117. The third kappa shape index (κ3) is 4.68. The lowest BCUT2D eigenvalue weighted by atomic mass is 10.2. The number of benzene rings is 1. The van der Waals surface area contributed by atoms with Gasteiger partial charge < -0.3 is 14.2 Å². The average molecular weight is 422 g/mol. The zero-order valence-corrected chi connectivity index (χ0v) is 18.4. The van der Waals surface area contributed by atoms with Gasteiger partial charge >= 0.3 is 5.97 Å². The highest BCUT2D eigenvalue weighted by molar-refractivity contribution is 7.89. The van der Waals surface area contributed by atoms with Crippen LogP contribution in [0.4, 0.5) is 5.69 Å². The van der Waals surface area contributed by atoms with Crippen molar-refractivity contribution >= 4 is 27.6 Å². The summed E-state index contributed by atoms with van der Waals surface area (Å²) < 4.78 is 34.9. The molecule has 0 saturated carbocycles. The molecule has 2 aromatic rings. The molecule has 0 unspecified atom stereocenters. The maximum Gasteiger partial charge on any atom is 0.341 e. The number of sulfonamides is 1. The van der Waals surface area contributed by atoms with Crippen LogP contribution in [0.5, 0.6) is 0 Å². The summed E-state index contributed by atoms with van der Waals surface area (Å²) in [5, 5.41) is 0. The van der Waals surface area contributed by atoms with E-state index in [-0.39, 0.29) is 17.1 Å². The van der Waals surface area contributed by atoms with Crippen molar-refractivity contribution in [3.8, 4) is 0 Å². The SMILES string of the molecule is CCOC(=O)c1c(S(=O)(=O)NCC(=O)N(C)c2ccc(C)cc2)c(C)n(C)c1C. The van der Waals surface area contributed by atoms with Gasteiger partial charge in [-0.1, -0.05) is 17.7 Å². The first-order valence-electron chi connectivity index (χ1n) is 9.17. The number of carbonyl (C=O) groups is 2. The summed E-state index contributed by atoms with van der Waals surface area (Å²) in [5.41, 5.74) is 2.55. The van der Waals surface area contributed by atoms with Crippen molar-refractivity contribution in [1.29, 1.82) is 0 Å². The van der Waals surface area contributed by atoms with Crippen molar-refractivity contribution in [1.82, 2.24) is 9.29 Å². The van der Waals surface area contributed by atoms with Crippen LogP contribution in [0.1, 0.15) is 34.2 Å². The Kier molecular flexibility index (Phi) is 6.86. The van der Waals surface area contributed by atoms with Crippen LogP contribution in [0.15, 0.2) is 29.2 Å². The van der Waals surface area contributed by atoms with E-state index < -0.39 is 28.4 Å². The van der Waals surface area contributed by atoms with Crippen LogP contribution in [-0.2, 0) is 26.6 Å². The number of anilines is 1.